The van der Waals surface area contributed by atoms with Gasteiger partial charge < -0.3 is 4.90 Å². The Morgan fingerprint density at radius 2 is 2.21 bits per heavy atom. The van der Waals surface area contributed by atoms with E-state index in [4.69, 9.17) is 0 Å². The highest BCUT2D eigenvalue weighted by molar-refractivity contribution is 5.65. The van der Waals surface area contributed by atoms with Crippen LogP contribution in [0.1, 0.15) is 30.9 Å². The van der Waals surface area contributed by atoms with Crippen molar-refractivity contribution in [1.29, 1.82) is 0 Å². The van der Waals surface area contributed by atoms with Gasteiger partial charge in [-0.05, 0) is 36.8 Å². The molecule has 0 aromatic heterocycles. The maximum atomic E-state index is 2.65. The molecule has 1 atom stereocenters. The molecule has 0 radical (unpaired) electrons. The SMILES string of the molecule is CCC1Cc2cccc3c2N1CCC3. The number of anilines is 1. The van der Waals surface area contributed by atoms with Crippen LogP contribution in [0.3, 0.4) is 0 Å². The molecule has 0 spiro atoms. The fourth-order valence-corrected chi connectivity index (χ4v) is 3.03. The zero-order chi connectivity index (χ0) is 9.54. The summed E-state index contributed by atoms with van der Waals surface area (Å²) in [4.78, 5) is 2.65. The molecule has 0 saturated carbocycles. The molecule has 1 unspecified atom stereocenters. The Labute approximate surface area is 85.7 Å². The number of benzene rings is 1. The summed E-state index contributed by atoms with van der Waals surface area (Å²) in [5.41, 5.74) is 4.77. The summed E-state index contributed by atoms with van der Waals surface area (Å²) in [5.74, 6) is 0. The predicted molar refractivity (Wildman–Crippen MR) is 59.9 cm³/mol. The van der Waals surface area contributed by atoms with Crippen LogP contribution >= 0.6 is 0 Å². The maximum Gasteiger partial charge on any atom is 0.0434 e. The molecule has 2 heterocycles. The molecule has 1 aromatic carbocycles. The lowest BCUT2D eigenvalue weighted by molar-refractivity contribution is 0.577. The van der Waals surface area contributed by atoms with Gasteiger partial charge in [0, 0.05) is 18.3 Å². The quantitative estimate of drug-likeness (QED) is 0.653. The van der Waals surface area contributed by atoms with Crippen LogP contribution in [0.2, 0.25) is 0 Å². The summed E-state index contributed by atoms with van der Waals surface area (Å²) < 4.78 is 0. The van der Waals surface area contributed by atoms with Gasteiger partial charge >= 0.3 is 0 Å². The summed E-state index contributed by atoms with van der Waals surface area (Å²) in [5, 5.41) is 0. The minimum Gasteiger partial charge on any atom is -0.368 e. The van der Waals surface area contributed by atoms with Crippen molar-refractivity contribution in [2.45, 2.75) is 38.6 Å². The van der Waals surface area contributed by atoms with E-state index < -0.39 is 0 Å². The van der Waals surface area contributed by atoms with Crippen molar-refractivity contribution >= 4 is 5.69 Å². The van der Waals surface area contributed by atoms with Crippen LogP contribution < -0.4 is 4.90 Å². The van der Waals surface area contributed by atoms with E-state index in [1.165, 1.54) is 32.2 Å². The normalized spacial score (nSPS) is 23.8. The van der Waals surface area contributed by atoms with Gasteiger partial charge in [0.05, 0.1) is 0 Å². The van der Waals surface area contributed by atoms with Crippen LogP contribution in [0.4, 0.5) is 5.69 Å². The molecule has 1 nitrogen and oxygen atoms in total. The third kappa shape index (κ3) is 1.01. The molecule has 74 valence electrons. The molecule has 2 aliphatic heterocycles. The molecule has 0 bridgehead atoms. The van der Waals surface area contributed by atoms with E-state index in [0.717, 1.165) is 6.04 Å². The second kappa shape index (κ2) is 3.01. The summed E-state index contributed by atoms with van der Waals surface area (Å²) in [6.45, 7) is 3.59. The van der Waals surface area contributed by atoms with Gasteiger partial charge in [-0.15, -0.1) is 0 Å². The smallest absolute Gasteiger partial charge is 0.0434 e. The lowest BCUT2D eigenvalue weighted by Crippen LogP contribution is -2.35. The van der Waals surface area contributed by atoms with E-state index in [9.17, 15) is 0 Å². The molecule has 2 aliphatic rings. The molecule has 14 heavy (non-hydrogen) atoms. The van der Waals surface area contributed by atoms with Gasteiger partial charge in [0.1, 0.15) is 0 Å². The van der Waals surface area contributed by atoms with Gasteiger partial charge in [0.15, 0.2) is 0 Å². The van der Waals surface area contributed by atoms with Crippen LogP contribution in [0.15, 0.2) is 18.2 Å². The van der Waals surface area contributed by atoms with Gasteiger partial charge in [-0.25, -0.2) is 0 Å². The number of hydrogen-bond acceptors (Lipinski definition) is 1. The zero-order valence-corrected chi connectivity index (χ0v) is 8.79. The van der Waals surface area contributed by atoms with Gasteiger partial charge in [-0.1, -0.05) is 25.1 Å². The first-order valence-electron chi connectivity index (χ1n) is 5.77. The van der Waals surface area contributed by atoms with Crippen molar-refractivity contribution in [2.75, 3.05) is 11.4 Å². The number of rotatable bonds is 1. The van der Waals surface area contributed by atoms with Crippen LogP contribution in [0.25, 0.3) is 0 Å². The van der Waals surface area contributed by atoms with Crippen LogP contribution in [0, 0.1) is 0 Å². The summed E-state index contributed by atoms with van der Waals surface area (Å²) in [6, 6.07) is 7.64. The summed E-state index contributed by atoms with van der Waals surface area (Å²) in [6.07, 6.45) is 5.19. The van der Waals surface area contributed by atoms with Crippen LogP contribution in [-0.2, 0) is 12.8 Å². The third-order valence-corrected chi connectivity index (χ3v) is 3.70. The van der Waals surface area contributed by atoms with Crippen molar-refractivity contribution < 1.29 is 0 Å². The Hall–Kier alpha value is -0.980. The van der Waals surface area contributed by atoms with Gasteiger partial charge in [-0.2, -0.15) is 0 Å². The Morgan fingerprint density at radius 1 is 1.36 bits per heavy atom. The van der Waals surface area contributed by atoms with Crippen molar-refractivity contribution in [3.63, 3.8) is 0 Å². The summed E-state index contributed by atoms with van der Waals surface area (Å²) in [7, 11) is 0. The standard InChI is InChI=1S/C13H17N/c1-2-12-9-11-6-3-5-10-7-4-8-14(12)13(10)11/h3,5-6,12H,2,4,7-9H2,1H3. The molecule has 0 fully saturated rings. The molecule has 1 aromatic rings. The maximum absolute atomic E-state index is 2.65. The average Bonchev–Trinajstić information content (AvgIpc) is 2.60. The lowest BCUT2D eigenvalue weighted by atomic mass is 10.0. The predicted octanol–water partition coefficient (Wildman–Crippen LogP) is 2.77. The Morgan fingerprint density at radius 3 is 3.07 bits per heavy atom. The fraction of sp³-hybridized carbons (Fsp3) is 0.538. The van der Waals surface area contributed by atoms with E-state index in [1.54, 1.807) is 16.8 Å². The van der Waals surface area contributed by atoms with E-state index in [2.05, 4.69) is 30.0 Å². The number of nitrogens with zero attached hydrogens (tertiary/aromatic N) is 1. The van der Waals surface area contributed by atoms with Crippen LogP contribution in [0.5, 0.6) is 0 Å². The molecule has 0 N–H and O–H groups in total. The third-order valence-electron chi connectivity index (χ3n) is 3.70. The van der Waals surface area contributed by atoms with Crippen molar-refractivity contribution in [3.05, 3.63) is 29.3 Å². The van der Waals surface area contributed by atoms with Crippen molar-refractivity contribution in [2.24, 2.45) is 0 Å². The van der Waals surface area contributed by atoms with Gasteiger partial charge in [0.2, 0.25) is 0 Å². The lowest BCUT2D eigenvalue weighted by Gasteiger charge is -2.32. The molecule has 1 heteroatoms. The molecule has 3 rings (SSSR count). The molecule has 0 saturated heterocycles. The summed E-state index contributed by atoms with van der Waals surface area (Å²) >= 11 is 0. The first kappa shape index (κ1) is 8.34. The van der Waals surface area contributed by atoms with E-state index in [-0.39, 0.29) is 0 Å². The van der Waals surface area contributed by atoms with Crippen molar-refractivity contribution in [1.82, 2.24) is 0 Å². The number of hydrogen-bond donors (Lipinski definition) is 0. The van der Waals surface area contributed by atoms with E-state index in [0.29, 0.717) is 0 Å². The molecular formula is C13H17N. The number of para-hydroxylation sites is 1. The Balaban J connectivity index is 2.11. The highest BCUT2D eigenvalue weighted by Gasteiger charge is 2.31. The van der Waals surface area contributed by atoms with Crippen molar-refractivity contribution in [3.8, 4) is 0 Å². The first-order chi connectivity index (χ1) is 6.90. The molecule has 0 aliphatic carbocycles. The second-order valence-electron chi connectivity index (χ2n) is 4.49. The average molecular weight is 187 g/mol. The van der Waals surface area contributed by atoms with Gasteiger partial charge in [0.25, 0.3) is 0 Å². The topological polar surface area (TPSA) is 3.24 Å². The minimum atomic E-state index is 0.784. The molecule has 0 amide bonds. The Bertz CT molecular complexity index is 356. The fourth-order valence-electron chi connectivity index (χ4n) is 3.03. The largest absolute Gasteiger partial charge is 0.368 e. The monoisotopic (exact) mass is 187 g/mol. The Kier molecular flexibility index (Phi) is 1.79. The van der Waals surface area contributed by atoms with E-state index >= 15 is 0 Å². The zero-order valence-electron chi connectivity index (χ0n) is 8.79. The minimum absolute atomic E-state index is 0.784. The first-order valence-corrected chi connectivity index (χ1v) is 5.77. The van der Waals surface area contributed by atoms with E-state index in [1.807, 2.05) is 0 Å². The second-order valence-corrected chi connectivity index (χ2v) is 4.49. The van der Waals surface area contributed by atoms with Crippen LogP contribution in [-0.4, -0.2) is 12.6 Å². The highest BCUT2D eigenvalue weighted by Crippen LogP contribution is 2.39. The molecular weight excluding hydrogens is 170 g/mol. The highest BCUT2D eigenvalue weighted by atomic mass is 15.2. The number of aryl methyl sites for hydroxylation is 1. The van der Waals surface area contributed by atoms with Gasteiger partial charge in [-0.3, -0.25) is 0 Å².